The van der Waals surface area contributed by atoms with Crippen LogP contribution in [0, 0.1) is 6.57 Å². The Balaban J connectivity index is 1.83. The van der Waals surface area contributed by atoms with Gasteiger partial charge >= 0.3 is 0 Å². The number of thiophene rings is 1. The summed E-state index contributed by atoms with van der Waals surface area (Å²) < 4.78 is 0. The van der Waals surface area contributed by atoms with E-state index in [1.165, 1.54) is 20.9 Å². The summed E-state index contributed by atoms with van der Waals surface area (Å²) in [4.78, 5) is 5.91. The van der Waals surface area contributed by atoms with E-state index in [2.05, 4.69) is 16.2 Å². The molecule has 21 heavy (non-hydrogen) atoms. The van der Waals surface area contributed by atoms with Crippen molar-refractivity contribution in [2.75, 3.05) is 13.1 Å². The smallest absolute Gasteiger partial charge is 0.197 e. The van der Waals surface area contributed by atoms with E-state index in [1.54, 1.807) is 23.1 Å². The summed E-state index contributed by atoms with van der Waals surface area (Å²) in [6.45, 7) is 9.09. The molecule has 1 aromatic heterocycles. The average Bonchev–Trinajstić information content (AvgIpc) is 2.82. The predicted molar refractivity (Wildman–Crippen MR) is 91.9 cm³/mol. The van der Waals surface area contributed by atoms with Gasteiger partial charge in [0.1, 0.15) is 0 Å². The molecular weight excluding hydrogens is 320 g/mol. The highest BCUT2D eigenvalue weighted by Gasteiger charge is 2.15. The quantitative estimate of drug-likeness (QED) is 0.632. The van der Waals surface area contributed by atoms with E-state index in [-0.39, 0.29) is 0 Å². The molecule has 1 aliphatic heterocycles. The summed E-state index contributed by atoms with van der Waals surface area (Å²) in [6, 6.07) is 6.16. The van der Waals surface area contributed by atoms with Crippen LogP contribution in [0.2, 0.25) is 5.02 Å². The van der Waals surface area contributed by atoms with E-state index >= 15 is 0 Å². The highest BCUT2D eigenvalue weighted by atomic mass is 35.5. The van der Waals surface area contributed by atoms with Crippen LogP contribution in [0.1, 0.15) is 16.0 Å². The van der Waals surface area contributed by atoms with E-state index in [4.69, 9.17) is 18.2 Å². The maximum atomic E-state index is 7.03. The van der Waals surface area contributed by atoms with Gasteiger partial charge in [-0.15, -0.1) is 11.8 Å². The maximum Gasteiger partial charge on any atom is 0.197 e. The van der Waals surface area contributed by atoms with Crippen LogP contribution >= 0.6 is 34.7 Å². The highest BCUT2D eigenvalue weighted by Crippen LogP contribution is 2.37. The Morgan fingerprint density at radius 1 is 1.33 bits per heavy atom. The summed E-state index contributed by atoms with van der Waals surface area (Å²) in [5.41, 5.74) is 3.55. The Bertz CT molecular complexity index is 688. The van der Waals surface area contributed by atoms with E-state index in [0.717, 1.165) is 42.4 Å². The Morgan fingerprint density at radius 3 is 3.00 bits per heavy atom. The molecule has 1 aliphatic rings. The lowest BCUT2D eigenvalue weighted by atomic mass is 10.0. The first-order valence-electron chi connectivity index (χ1n) is 6.86. The molecule has 0 fully saturated rings. The topological polar surface area (TPSA) is 16.4 Å². The number of fused-ring (bicyclic) bond motifs is 1. The number of hydrogen-bond acceptors (Lipinski definition) is 3. The second-order valence-corrected chi connectivity index (χ2v) is 7.32. The summed E-state index contributed by atoms with van der Waals surface area (Å²) in [6.07, 6.45) is 2.11. The zero-order valence-electron chi connectivity index (χ0n) is 11.5. The van der Waals surface area contributed by atoms with Crippen molar-refractivity contribution in [1.29, 1.82) is 0 Å². The number of nitrogens with one attached hydrogen (secondary N) is 1. The van der Waals surface area contributed by atoms with Crippen molar-refractivity contribution in [3.63, 3.8) is 0 Å². The van der Waals surface area contributed by atoms with Crippen molar-refractivity contribution in [1.82, 2.24) is 5.32 Å². The number of rotatable bonds is 3. The Hall–Kier alpha value is -0.990. The molecule has 2 heterocycles. The number of halogens is 1. The van der Waals surface area contributed by atoms with Crippen molar-refractivity contribution in [3.05, 3.63) is 56.0 Å². The minimum absolute atomic E-state index is 0.734. The third kappa shape index (κ3) is 3.44. The summed E-state index contributed by atoms with van der Waals surface area (Å²) in [7, 11) is 0. The summed E-state index contributed by atoms with van der Waals surface area (Å²) in [5.74, 6) is 0.879. The van der Waals surface area contributed by atoms with Gasteiger partial charge in [-0.25, -0.2) is 4.85 Å². The second-order valence-electron chi connectivity index (χ2n) is 4.94. The molecule has 108 valence electrons. The molecule has 0 saturated carbocycles. The fraction of sp³-hybridized carbons (Fsp3) is 0.312. The van der Waals surface area contributed by atoms with Crippen LogP contribution in [-0.2, 0) is 18.6 Å². The van der Waals surface area contributed by atoms with Gasteiger partial charge in [-0.3, -0.25) is 0 Å². The van der Waals surface area contributed by atoms with Crippen LogP contribution in [-0.4, -0.2) is 13.1 Å². The van der Waals surface area contributed by atoms with Crippen LogP contribution in [0.5, 0.6) is 0 Å². The molecule has 2 nitrogen and oxygen atoms in total. The van der Waals surface area contributed by atoms with Crippen LogP contribution in [0.15, 0.2) is 28.5 Å². The van der Waals surface area contributed by atoms with Gasteiger partial charge in [0, 0.05) is 15.5 Å². The van der Waals surface area contributed by atoms with Gasteiger partial charge in [-0.1, -0.05) is 17.7 Å². The first-order valence-corrected chi connectivity index (χ1v) is 9.11. The molecule has 5 heteroatoms. The molecule has 0 amide bonds. The lowest BCUT2D eigenvalue weighted by Gasteiger charge is -2.13. The number of thioether (sulfide) groups is 1. The predicted octanol–water partition coefficient (Wildman–Crippen LogP) is 4.93. The van der Waals surface area contributed by atoms with Gasteiger partial charge in [-0.2, -0.15) is 11.3 Å². The number of hydrogen-bond donors (Lipinski definition) is 1. The normalized spacial score (nSPS) is 14.3. The fourth-order valence-corrected chi connectivity index (χ4v) is 4.87. The zero-order valence-corrected chi connectivity index (χ0v) is 13.9. The standard InChI is InChI=1S/C16H15ClN2S2/c1-18-12-8-13(20-9-12)10-21-16-14-5-7-19-6-4-11(14)2-3-15(16)17/h2-3,8-9,19H,4-7,10H2. The Labute approximate surface area is 138 Å². The zero-order chi connectivity index (χ0) is 14.7. The molecule has 1 N–H and O–H groups in total. The minimum atomic E-state index is 0.734. The molecule has 0 bridgehead atoms. The van der Waals surface area contributed by atoms with Crippen molar-refractivity contribution in [3.8, 4) is 0 Å². The Morgan fingerprint density at radius 2 is 2.19 bits per heavy atom. The van der Waals surface area contributed by atoms with E-state index < -0.39 is 0 Å². The molecule has 2 aromatic rings. The van der Waals surface area contributed by atoms with E-state index in [9.17, 15) is 0 Å². The Kier molecular flexibility index (Phi) is 4.87. The largest absolute Gasteiger partial charge is 0.316 e. The van der Waals surface area contributed by atoms with Gasteiger partial charge in [0.15, 0.2) is 5.69 Å². The third-order valence-electron chi connectivity index (χ3n) is 3.56. The summed E-state index contributed by atoms with van der Waals surface area (Å²) >= 11 is 9.87. The first kappa shape index (κ1) is 14.9. The van der Waals surface area contributed by atoms with Crippen LogP contribution < -0.4 is 5.32 Å². The lowest BCUT2D eigenvalue weighted by molar-refractivity contribution is 0.709. The molecule has 0 unspecified atom stereocenters. The van der Waals surface area contributed by atoms with Crippen LogP contribution in [0.4, 0.5) is 5.69 Å². The van der Waals surface area contributed by atoms with Crippen LogP contribution in [0.3, 0.4) is 0 Å². The van der Waals surface area contributed by atoms with Crippen molar-refractivity contribution >= 4 is 40.4 Å². The SMILES string of the molecule is [C-]#[N+]c1csc(CSc2c(Cl)ccc3c2CCNCC3)c1. The monoisotopic (exact) mass is 334 g/mol. The van der Waals surface area contributed by atoms with Crippen molar-refractivity contribution in [2.24, 2.45) is 0 Å². The van der Waals surface area contributed by atoms with Crippen molar-refractivity contribution in [2.45, 2.75) is 23.5 Å². The maximum absolute atomic E-state index is 7.03. The second kappa shape index (κ2) is 6.85. The molecule has 0 atom stereocenters. The van der Waals surface area contributed by atoms with Crippen molar-refractivity contribution < 1.29 is 0 Å². The van der Waals surface area contributed by atoms with E-state index in [1.807, 2.05) is 17.5 Å². The minimum Gasteiger partial charge on any atom is -0.316 e. The first-order chi connectivity index (χ1) is 10.3. The highest BCUT2D eigenvalue weighted by molar-refractivity contribution is 7.98. The molecule has 0 radical (unpaired) electrons. The molecule has 1 aromatic carbocycles. The molecule has 3 rings (SSSR count). The van der Waals surface area contributed by atoms with Crippen LogP contribution in [0.25, 0.3) is 4.85 Å². The van der Waals surface area contributed by atoms with E-state index in [0.29, 0.717) is 0 Å². The van der Waals surface area contributed by atoms with Gasteiger partial charge in [0.2, 0.25) is 0 Å². The average molecular weight is 335 g/mol. The number of benzene rings is 1. The molecule has 0 aliphatic carbocycles. The van der Waals surface area contributed by atoms with Gasteiger partial charge in [0.05, 0.1) is 11.6 Å². The third-order valence-corrected chi connectivity index (χ3v) is 6.30. The summed E-state index contributed by atoms with van der Waals surface area (Å²) in [5, 5.41) is 6.21. The molecular formula is C16H15ClN2S2. The molecule has 0 spiro atoms. The number of nitrogens with zero attached hydrogens (tertiary/aromatic N) is 1. The molecule has 0 saturated heterocycles. The fourth-order valence-electron chi connectivity index (χ4n) is 2.51. The van der Waals surface area contributed by atoms with Gasteiger partial charge < -0.3 is 5.32 Å². The van der Waals surface area contributed by atoms with Gasteiger partial charge in [0.25, 0.3) is 0 Å². The lowest BCUT2D eigenvalue weighted by Crippen LogP contribution is -2.16. The van der Waals surface area contributed by atoms with Gasteiger partial charge in [-0.05, 0) is 54.6 Å².